The van der Waals surface area contributed by atoms with Crippen LogP contribution < -0.4 is 10.0 Å². The molecule has 1 aromatic rings. The number of nitrogens with one attached hydrogen (secondary N) is 2. The van der Waals surface area contributed by atoms with Crippen molar-refractivity contribution in [2.45, 2.75) is 17.1 Å². The average Bonchev–Trinajstić information content (AvgIpc) is 2.76. The number of halogens is 1. The van der Waals surface area contributed by atoms with Gasteiger partial charge in [-0.05, 0) is 59.9 Å². The van der Waals surface area contributed by atoms with Gasteiger partial charge in [-0.25, -0.2) is 13.1 Å². The first kappa shape index (κ1) is 13.5. The molecule has 2 N–H and O–H groups in total. The van der Waals surface area contributed by atoms with Gasteiger partial charge in [0.25, 0.3) is 0 Å². The summed E-state index contributed by atoms with van der Waals surface area (Å²) in [6, 6.07) is 3.38. The van der Waals surface area contributed by atoms with Crippen LogP contribution in [0.1, 0.15) is 12.8 Å². The number of hydrogen-bond donors (Lipinski definition) is 2. The zero-order chi connectivity index (χ0) is 12.3. The van der Waals surface area contributed by atoms with Crippen molar-refractivity contribution < 1.29 is 8.42 Å². The number of hydrogen-bond acceptors (Lipinski definition) is 4. The first-order valence-corrected chi connectivity index (χ1v) is 8.63. The van der Waals surface area contributed by atoms with Crippen molar-refractivity contribution in [2.75, 3.05) is 19.6 Å². The molecule has 1 aliphatic rings. The lowest BCUT2D eigenvalue weighted by molar-refractivity contribution is 0.372. The normalized spacial score (nSPS) is 18.4. The van der Waals surface area contributed by atoms with Crippen LogP contribution in [0.4, 0.5) is 0 Å². The van der Waals surface area contributed by atoms with E-state index < -0.39 is 10.0 Å². The molecule has 0 atom stereocenters. The van der Waals surface area contributed by atoms with Crippen molar-refractivity contribution in [1.82, 2.24) is 10.0 Å². The average molecular weight is 339 g/mol. The molecule has 0 amide bonds. The van der Waals surface area contributed by atoms with Crippen molar-refractivity contribution in [1.29, 1.82) is 0 Å². The Morgan fingerprint density at radius 2 is 2.12 bits per heavy atom. The second-order valence-corrected chi connectivity index (χ2v) is 8.56. The Bertz CT molecular complexity index is 466. The van der Waals surface area contributed by atoms with Crippen LogP contribution in [-0.2, 0) is 10.0 Å². The van der Waals surface area contributed by atoms with Crippen LogP contribution in [0.15, 0.2) is 20.1 Å². The third-order valence-corrected chi connectivity index (χ3v) is 6.37. The monoisotopic (exact) mass is 338 g/mol. The van der Waals surface area contributed by atoms with Crippen LogP contribution >= 0.6 is 27.3 Å². The third-order valence-electron chi connectivity index (χ3n) is 2.83. The number of sulfonamides is 1. The number of piperidine rings is 1. The summed E-state index contributed by atoms with van der Waals surface area (Å²) in [7, 11) is -3.32. The van der Waals surface area contributed by atoms with Crippen molar-refractivity contribution in [3.8, 4) is 0 Å². The van der Waals surface area contributed by atoms with Gasteiger partial charge in [0.05, 0.1) is 3.79 Å². The van der Waals surface area contributed by atoms with Gasteiger partial charge in [0, 0.05) is 6.54 Å². The SMILES string of the molecule is O=S(=O)(NCC1CCNCC1)c1ccc(Br)s1. The molecular weight excluding hydrogens is 324 g/mol. The molecule has 1 aromatic heterocycles. The van der Waals surface area contributed by atoms with E-state index in [9.17, 15) is 8.42 Å². The third kappa shape index (κ3) is 3.75. The molecule has 17 heavy (non-hydrogen) atoms. The largest absolute Gasteiger partial charge is 0.317 e. The Balaban J connectivity index is 1.93. The van der Waals surface area contributed by atoms with Gasteiger partial charge in [-0.3, -0.25) is 0 Å². The summed E-state index contributed by atoms with van der Waals surface area (Å²) < 4.78 is 27.8. The smallest absolute Gasteiger partial charge is 0.250 e. The molecule has 0 aromatic carbocycles. The van der Waals surface area contributed by atoms with Crippen LogP contribution in [0.3, 0.4) is 0 Å². The predicted molar refractivity (Wildman–Crippen MR) is 72.8 cm³/mol. The molecule has 1 fully saturated rings. The molecule has 0 saturated carbocycles. The number of thiophene rings is 1. The lowest BCUT2D eigenvalue weighted by atomic mass is 9.99. The van der Waals surface area contributed by atoms with E-state index in [4.69, 9.17) is 0 Å². The molecule has 7 heteroatoms. The van der Waals surface area contributed by atoms with Crippen LogP contribution in [0.25, 0.3) is 0 Å². The van der Waals surface area contributed by atoms with Crippen LogP contribution in [0.2, 0.25) is 0 Å². The van der Waals surface area contributed by atoms with Crippen LogP contribution in [0.5, 0.6) is 0 Å². The molecule has 0 unspecified atom stereocenters. The fourth-order valence-electron chi connectivity index (χ4n) is 1.83. The highest BCUT2D eigenvalue weighted by atomic mass is 79.9. The fraction of sp³-hybridized carbons (Fsp3) is 0.600. The Kier molecular flexibility index (Phi) is 4.59. The van der Waals surface area contributed by atoms with Gasteiger partial charge >= 0.3 is 0 Å². The van der Waals surface area contributed by atoms with Crippen molar-refractivity contribution >= 4 is 37.3 Å². The van der Waals surface area contributed by atoms with Gasteiger partial charge < -0.3 is 5.32 Å². The molecule has 0 aliphatic carbocycles. The Morgan fingerprint density at radius 1 is 1.41 bits per heavy atom. The second kappa shape index (κ2) is 5.79. The Morgan fingerprint density at radius 3 is 2.71 bits per heavy atom. The first-order valence-electron chi connectivity index (χ1n) is 5.53. The maximum atomic E-state index is 12.0. The molecule has 0 bridgehead atoms. The summed E-state index contributed by atoms with van der Waals surface area (Å²) >= 11 is 4.51. The van der Waals surface area contributed by atoms with Gasteiger partial charge in [-0.1, -0.05) is 0 Å². The minimum Gasteiger partial charge on any atom is -0.317 e. The quantitative estimate of drug-likeness (QED) is 0.879. The van der Waals surface area contributed by atoms with E-state index in [-0.39, 0.29) is 0 Å². The number of rotatable bonds is 4. The van der Waals surface area contributed by atoms with E-state index in [0.717, 1.165) is 29.7 Å². The zero-order valence-corrected chi connectivity index (χ0v) is 12.5. The minimum atomic E-state index is -3.32. The molecule has 4 nitrogen and oxygen atoms in total. The summed E-state index contributed by atoms with van der Waals surface area (Å²) in [5.74, 6) is 0.453. The maximum Gasteiger partial charge on any atom is 0.250 e. The highest BCUT2D eigenvalue weighted by Crippen LogP contribution is 2.26. The Labute approximate surface area is 114 Å². The minimum absolute atomic E-state index is 0.373. The van der Waals surface area contributed by atoms with Gasteiger partial charge in [-0.2, -0.15) is 0 Å². The summed E-state index contributed by atoms with van der Waals surface area (Å²) in [6.45, 7) is 2.51. The van der Waals surface area contributed by atoms with Gasteiger partial charge in [0.1, 0.15) is 4.21 Å². The van der Waals surface area contributed by atoms with Gasteiger partial charge in [0.2, 0.25) is 10.0 Å². The lowest BCUT2D eigenvalue weighted by Crippen LogP contribution is -2.35. The van der Waals surface area contributed by atoms with E-state index in [2.05, 4.69) is 26.0 Å². The molecule has 0 spiro atoms. The molecule has 96 valence electrons. The fourth-order valence-corrected chi connectivity index (χ4v) is 5.00. The van der Waals surface area contributed by atoms with Gasteiger partial charge in [-0.15, -0.1) is 11.3 Å². The summed E-state index contributed by atoms with van der Waals surface area (Å²) in [5, 5.41) is 3.27. The molecular formula is C10H15BrN2O2S2. The predicted octanol–water partition coefficient (Wildman–Crippen LogP) is 1.79. The van der Waals surface area contributed by atoms with Crippen LogP contribution in [-0.4, -0.2) is 28.1 Å². The Hall–Kier alpha value is 0.0500. The highest BCUT2D eigenvalue weighted by Gasteiger charge is 2.19. The molecule has 0 radical (unpaired) electrons. The van der Waals surface area contributed by atoms with Gasteiger partial charge in [0.15, 0.2) is 0 Å². The zero-order valence-electron chi connectivity index (χ0n) is 9.28. The standard InChI is InChI=1S/C10H15BrN2O2S2/c11-9-1-2-10(16-9)17(14,15)13-7-8-3-5-12-6-4-8/h1-2,8,12-13H,3-7H2. The molecule has 2 rings (SSSR count). The molecule has 1 aliphatic heterocycles. The first-order chi connectivity index (χ1) is 8.08. The summed E-state index contributed by atoms with van der Waals surface area (Å²) in [6.07, 6.45) is 2.08. The van der Waals surface area contributed by atoms with E-state index in [1.807, 2.05) is 0 Å². The van der Waals surface area contributed by atoms with E-state index in [0.29, 0.717) is 16.7 Å². The van der Waals surface area contributed by atoms with Crippen molar-refractivity contribution in [3.63, 3.8) is 0 Å². The maximum absolute atomic E-state index is 12.0. The van der Waals surface area contributed by atoms with E-state index >= 15 is 0 Å². The van der Waals surface area contributed by atoms with Crippen molar-refractivity contribution in [2.24, 2.45) is 5.92 Å². The van der Waals surface area contributed by atoms with E-state index in [1.165, 1.54) is 11.3 Å². The highest BCUT2D eigenvalue weighted by molar-refractivity contribution is 9.11. The van der Waals surface area contributed by atoms with E-state index in [1.54, 1.807) is 12.1 Å². The van der Waals surface area contributed by atoms with Crippen molar-refractivity contribution in [3.05, 3.63) is 15.9 Å². The second-order valence-electron chi connectivity index (χ2n) is 4.10. The molecule has 2 heterocycles. The van der Waals surface area contributed by atoms with Crippen LogP contribution in [0, 0.1) is 5.92 Å². The summed E-state index contributed by atoms with van der Waals surface area (Å²) in [4.78, 5) is 0. The topological polar surface area (TPSA) is 58.2 Å². The summed E-state index contributed by atoms with van der Waals surface area (Å²) in [5.41, 5.74) is 0. The lowest BCUT2D eigenvalue weighted by Gasteiger charge is -2.22. The molecule has 1 saturated heterocycles.